The van der Waals surface area contributed by atoms with Gasteiger partial charge >= 0.3 is 0 Å². The van der Waals surface area contributed by atoms with Crippen LogP contribution in [0.3, 0.4) is 0 Å². The molecule has 0 atom stereocenters. The first-order valence-electron chi connectivity index (χ1n) is 9.20. The predicted octanol–water partition coefficient (Wildman–Crippen LogP) is 2.76. The molecule has 9 heteroatoms. The minimum absolute atomic E-state index is 0.0902. The van der Waals surface area contributed by atoms with E-state index >= 15 is 0 Å². The number of aryl methyl sites for hydroxylation is 1. The number of ether oxygens (including phenoxy) is 1. The summed E-state index contributed by atoms with van der Waals surface area (Å²) < 4.78 is 12.6. The van der Waals surface area contributed by atoms with Crippen molar-refractivity contribution in [3.63, 3.8) is 0 Å². The Morgan fingerprint density at radius 3 is 2.90 bits per heavy atom. The Labute approximate surface area is 171 Å². The molecule has 150 valence electrons. The van der Waals surface area contributed by atoms with E-state index in [-0.39, 0.29) is 5.56 Å². The Kier molecular flexibility index (Phi) is 5.79. The van der Waals surface area contributed by atoms with Crippen LogP contribution in [-0.2, 0) is 17.8 Å². The number of aromatic nitrogens is 4. The van der Waals surface area contributed by atoms with Gasteiger partial charge in [-0.1, -0.05) is 12.1 Å². The van der Waals surface area contributed by atoms with E-state index in [4.69, 9.17) is 9.15 Å². The van der Waals surface area contributed by atoms with Crippen molar-refractivity contribution >= 4 is 17.0 Å². The molecule has 0 bridgehead atoms. The van der Waals surface area contributed by atoms with Gasteiger partial charge in [0, 0.05) is 32.0 Å². The van der Waals surface area contributed by atoms with E-state index < -0.39 is 0 Å². The van der Waals surface area contributed by atoms with Gasteiger partial charge in [0.25, 0.3) is 11.4 Å². The normalized spacial score (nSPS) is 11.6. The van der Waals surface area contributed by atoms with Crippen molar-refractivity contribution in [2.24, 2.45) is 0 Å². The topological polar surface area (TPSA) is 85.8 Å². The maximum absolute atomic E-state index is 12.5. The molecular formula is C20H21N5O3S. The van der Waals surface area contributed by atoms with Crippen LogP contribution in [0.2, 0.25) is 0 Å². The second kappa shape index (κ2) is 8.64. The highest BCUT2D eigenvalue weighted by molar-refractivity contribution is 7.13. The number of methoxy groups -OCH3 is 1. The van der Waals surface area contributed by atoms with E-state index in [9.17, 15) is 4.79 Å². The van der Waals surface area contributed by atoms with Crippen LogP contribution in [0.1, 0.15) is 17.3 Å². The lowest BCUT2D eigenvalue weighted by Gasteiger charge is -2.19. The first-order valence-corrected chi connectivity index (χ1v) is 10.1. The van der Waals surface area contributed by atoms with Crippen molar-refractivity contribution in [1.82, 2.24) is 24.5 Å². The van der Waals surface area contributed by atoms with Gasteiger partial charge in [-0.15, -0.1) is 21.5 Å². The largest absolute Gasteiger partial charge is 0.419 e. The highest BCUT2D eigenvalue weighted by atomic mass is 32.1. The molecule has 0 aliphatic heterocycles. The number of rotatable bonds is 8. The molecular weight excluding hydrogens is 390 g/mol. The van der Waals surface area contributed by atoms with Crippen LogP contribution in [0.15, 0.2) is 51.0 Å². The third kappa shape index (κ3) is 4.42. The van der Waals surface area contributed by atoms with Crippen LogP contribution < -0.4 is 5.56 Å². The first kappa shape index (κ1) is 19.4. The number of fused-ring (bicyclic) bond motifs is 1. The van der Waals surface area contributed by atoms with Gasteiger partial charge in [0.05, 0.1) is 23.7 Å². The lowest BCUT2D eigenvalue weighted by atomic mass is 10.3. The molecule has 0 unspecified atom stereocenters. The molecule has 29 heavy (non-hydrogen) atoms. The zero-order chi connectivity index (χ0) is 20.2. The quantitative estimate of drug-likeness (QED) is 0.441. The van der Waals surface area contributed by atoms with Gasteiger partial charge in [-0.25, -0.2) is 4.98 Å². The zero-order valence-corrected chi connectivity index (χ0v) is 17.1. The van der Waals surface area contributed by atoms with E-state index in [1.807, 2.05) is 42.6 Å². The second-order valence-corrected chi connectivity index (χ2v) is 7.58. The maximum atomic E-state index is 12.5. The number of hydrogen-bond donors (Lipinski definition) is 0. The standard InChI is InChI=1S/C20H21N5O3S/c1-14-5-3-7-17-21-15(11-19(26)25(14)17)12-24(8-9-27-2)13-18-22-23-20(28-18)16-6-4-10-29-16/h3-7,10-11H,8-9,12-13H2,1-2H3. The number of nitrogens with zero attached hydrogens (tertiary/aromatic N) is 5. The van der Waals surface area contributed by atoms with Gasteiger partial charge in [0.1, 0.15) is 5.65 Å². The Hall–Kier alpha value is -2.88. The SMILES string of the molecule is COCCN(Cc1cc(=O)n2c(C)cccc2n1)Cc1nnc(-c2cccs2)o1. The molecule has 0 radical (unpaired) electrons. The van der Waals surface area contributed by atoms with Gasteiger partial charge < -0.3 is 9.15 Å². The summed E-state index contributed by atoms with van der Waals surface area (Å²) in [4.78, 5) is 20.2. The minimum atomic E-state index is -0.0902. The van der Waals surface area contributed by atoms with E-state index in [1.165, 1.54) is 0 Å². The van der Waals surface area contributed by atoms with Crippen molar-refractivity contribution in [2.75, 3.05) is 20.3 Å². The molecule has 0 saturated carbocycles. The monoisotopic (exact) mass is 411 g/mol. The van der Waals surface area contributed by atoms with Gasteiger partial charge in [0.15, 0.2) is 0 Å². The van der Waals surface area contributed by atoms with Crippen LogP contribution in [0.25, 0.3) is 16.4 Å². The minimum Gasteiger partial charge on any atom is -0.419 e. The molecule has 8 nitrogen and oxygen atoms in total. The predicted molar refractivity (Wildman–Crippen MR) is 110 cm³/mol. The number of pyridine rings is 1. The van der Waals surface area contributed by atoms with Crippen molar-refractivity contribution in [3.05, 3.63) is 69.4 Å². The average molecular weight is 411 g/mol. The van der Waals surface area contributed by atoms with Crippen LogP contribution in [0.4, 0.5) is 0 Å². The molecule has 0 aliphatic rings. The number of hydrogen-bond acceptors (Lipinski definition) is 8. The molecule has 0 aromatic carbocycles. The Morgan fingerprint density at radius 1 is 1.21 bits per heavy atom. The molecule has 0 amide bonds. The summed E-state index contributed by atoms with van der Waals surface area (Å²) in [6.07, 6.45) is 0. The summed E-state index contributed by atoms with van der Waals surface area (Å²) in [6.45, 7) is 3.98. The molecule has 0 aliphatic carbocycles. The first-order chi connectivity index (χ1) is 14.1. The van der Waals surface area contributed by atoms with Crippen molar-refractivity contribution in [3.8, 4) is 10.8 Å². The second-order valence-electron chi connectivity index (χ2n) is 6.63. The van der Waals surface area contributed by atoms with Gasteiger partial charge in [-0.2, -0.15) is 0 Å². The summed E-state index contributed by atoms with van der Waals surface area (Å²) in [5.41, 5.74) is 2.09. The van der Waals surface area contributed by atoms with Crippen molar-refractivity contribution in [1.29, 1.82) is 0 Å². The molecule has 4 rings (SSSR count). The van der Waals surface area contributed by atoms with E-state index in [0.29, 0.717) is 49.4 Å². The highest BCUT2D eigenvalue weighted by Crippen LogP contribution is 2.23. The fourth-order valence-electron chi connectivity index (χ4n) is 3.12. The van der Waals surface area contributed by atoms with Crippen molar-refractivity contribution < 1.29 is 9.15 Å². The third-order valence-corrected chi connectivity index (χ3v) is 5.35. The van der Waals surface area contributed by atoms with Gasteiger partial charge in [-0.3, -0.25) is 14.1 Å². The van der Waals surface area contributed by atoms with Crippen LogP contribution in [0.5, 0.6) is 0 Å². The average Bonchev–Trinajstić information content (AvgIpc) is 3.37. The summed E-state index contributed by atoms with van der Waals surface area (Å²) >= 11 is 1.55. The zero-order valence-electron chi connectivity index (χ0n) is 16.2. The lowest BCUT2D eigenvalue weighted by Crippen LogP contribution is -2.28. The fraction of sp³-hybridized carbons (Fsp3) is 0.300. The molecule has 4 aromatic heterocycles. The van der Waals surface area contributed by atoms with Crippen LogP contribution >= 0.6 is 11.3 Å². The fourth-order valence-corrected chi connectivity index (χ4v) is 3.76. The number of thiophene rings is 1. The molecule has 0 N–H and O–H groups in total. The molecule has 4 aromatic rings. The molecule has 0 saturated heterocycles. The summed E-state index contributed by atoms with van der Waals surface area (Å²) in [5.74, 6) is 1.03. The molecule has 4 heterocycles. The summed E-state index contributed by atoms with van der Waals surface area (Å²) in [6, 6.07) is 11.1. The third-order valence-electron chi connectivity index (χ3n) is 4.49. The van der Waals surface area contributed by atoms with Gasteiger partial charge in [-0.05, 0) is 30.5 Å². The lowest BCUT2D eigenvalue weighted by molar-refractivity contribution is 0.133. The van der Waals surface area contributed by atoms with E-state index in [1.54, 1.807) is 28.9 Å². The Balaban J connectivity index is 1.56. The van der Waals surface area contributed by atoms with E-state index in [0.717, 1.165) is 10.6 Å². The smallest absolute Gasteiger partial charge is 0.258 e. The van der Waals surface area contributed by atoms with E-state index in [2.05, 4.69) is 20.1 Å². The molecule has 0 fully saturated rings. The summed E-state index contributed by atoms with van der Waals surface area (Å²) in [7, 11) is 1.66. The Morgan fingerprint density at radius 2 is 2.10 bits per heavy atom. The molecule has 0 spiro atoms. The van der Waals surface area contributed by atoms with Crippen LogP contribution in [0, 0.1) is 6.92 Å². The maximum Gasteiger partial charge on any atom is 0.258 e. The van der Waals surface area contributed by atoms with Gasteiger partial charge in [0.2, 0.25) is 5.89 Å². The van der Waals surface area contributed by atoms with Crippen LogP contribution in [-0.4, -0.2) is 44.7 Å². The summed E-state index contributed by atoms with van der Waals surface area (Å²) in [5, 5.41) is 10.3. The highest BCUT2D eigenvalue weighted by Gasteiger charge is 2.15. The van der Waals surface area contributed by atoms with Crippen molar-refractivity contribution in [2.45, 2.75) is 20.0 Å². The Bertz CT molecular complexity index is 1150.